The Hall–Kier alpha value is -3.42. The average Bonchev–Trinajstić information content (AvgIpc) is 3.26. The van der Waals surface area contributed by atoms with Crippen LogP contribution >= 0.6 is 0 Å². The van der Waals surface area contributed by atoms with E-state index in [1.807, 2.05) is 55.5 Å². The number of hydrogen-bond donors (Lipinski definition) is 3. The molecule has 0 spiro atoms. The van der Waals surface area contributed by atoms with E-state index in [4.69, 9.17) is 4.74 Å². The lowest BCUT2D eigenvalue weighted by atomic mass is 9.77. The SMILES string of the molecule is C=CCCC(=O)N(Cc1ccc(C)cc1)[C@@H]1C=C(C(=O)NCCO)[C@@H]2c3ccccc3O[C@@H]2[C@H]1O. The molecule has 184 valence electrons. The van der Waals surface area contributed by atoms with Gasteiger partial charge in [-0.1, -0.05) is 54.1 Å². The number of aryl methyl sites for hydroxylation is 1. The third-order valence-electron chi connectivity index (χ3n) is 6.59. The van der Waals surface area contributed by atoms with Crippen LogP contribution in [0.4, 0.5) is 0 Å². The molecule has 2 amide bonds. The highest BCUT2D eigenvalue weighted by molar-refractivity contribution is 5.96. The summed E-state index contributed by atoms with van der Waals surface area (Å²) in [6, 6.07) is 14.5. The Morgan fingerprint density at radius 1 is 1.17 bits per heavy atom. The van der Waals surface area contributed by atoms with Gasteiger partial charge in [-0.15, -0.1) is 6.58 Å². The van der Waals surface area contributed by atoms with Crippen LogP contribution in [0, 0.1) is 6.92 Å². The van der Waals surface area contributed by atoms with Crippen molar-refractivity contribution in [3.05, 3.63) is 89.5 Å². The Bertz CT molecular complexity index is 1110. The van der Waals surface area contributed by atoms with Gasteiger partial charge < -0.3 is 25.2 Å². The number of ether oxygens (including phenoxy) is 1. The van der Waals surface area contributed by atoms with Crippen LogP contribution in [0.2, 0.25) is 0 Å². The van der Waals surface area contributed by atoms with Gasteiger partial charge in [-0.3, -0.25) is 9.59 Å². The molecule has 7 heteroatoms. The first-order valence-corrected chi connectivity index (χ1v) is 11.9. The summed E-state index contributed by atoms with van der Waals surface area (Å²) >= 11 is 0. The van der Waals surface area contributed by atoms with Crippen molar-refractivity contribution in [1.29, 1.82) is 0 Å². The largest absolute Gasteiger partial charge is 0.486 e. The Morgan fingerprint density at radius 3 is 2.63 bits per heavy atom. The number of rotatable bonds is 9. The molecule has 0 fully saturated rings. The van der Waals surface area contributed by atoms with E-state index in [2.05, 4.69) is 11.9 Å². The van der Waals surface area contributed by atoms with Gasteiger partial charge in [0.25, 0.3) is 0 Å². The van der Waals surface area contributed by atoms with Crippen LogP contribution in [0.5, 0.6) is 5.75 Å². The third-order valence-corrected chi connectivity index (χ3v) is 6.59. The van der Waals surface area contributed by atoms with Gasteiger partial charge in [0.1, 0.15) is 18.0 Å². The van der Waals surface area contributed by atoms with E-state index in [1.54, 1.807) is 17.1 Å². The molecule has 4 atom stereocenters. The number of fused-ring (bicyclic) bond motifs is 3. The van der Waals surface area contributed by atoms with E-state index in [0.29, 0.717) is 17.7 Å². The molecule has 0 unspecified atom stereocenters. The van der Waals surface area contributed by atoms with Gasteiger partial charge in [0, 0.05) is 30.6 Å². The number of nitrogens with zero attached hydrogens (tertiary/aromatic N) is 1. The smallest absolute Gasteiger partial charge is 0.247 e. The minimum atomic E-state index is -1.04. The second-order valence-electron chi connectivity index (χ2n) is 9.02. The molecular weight excluding hydrogens is 444 g/mol. The van der Waals surface area contributed by atoms with E-state index >= 15 is 0 Å². The Labute approximate surface area is 205 Å². The van der Waals surface area contributed by atoms with Crippen molar-refractivity contribution in [1.82, 2.24) is 10.2 Å². The first-order valence-electron chi connectivity index (χ1n) is 11.9. The molecule has 0 bridgehead atoms. The van der Waals surface area contributed by atoms with E-state index in [9.17, 15) is 19.8 Å². The maximum Gasteiger partial charge on any atom is 0.247 e. The topological polar surface area (TPSA) is 99.1 Å². The third kappa shape index (κ3) is 5.16. The predicted octanol–water partition coefficient (Wildman–Crippen LogP) is 2.61. The Kier molecular flexibility index (Phi) is 7.68. The number of allylic oxidation sites excluding steroid dienone is 1. The van der Waals surface area contributed by atoms with Crippen molar-refractivity contribution in [2.75, 3.05) is 13.2 Å². The minimum Gasteiger partial charge on any atom is -0.486 e. The normalized spacial score (nSPS) is 22.3. The Balaban J connectivity index is 1.74. The van der Waals surface area contributed by atoms with Crippen LogP contribution in [-0.4, -0.2) is 58.3 Å². The first-order chi connectivity index (χ1) is 16.9. The van der Waals surface area contributed by atoms with E-state index < -0.39 is 24.2 Å². The predicted molar refractivity (Wildman–Crippen MR) is 133 cm³/mol. The number of amides is 2. The van der Waals surface area contributed by atoms with Gasteiger partial charge >= 0.3 is 0 Å². The molecule has 0 saturated carbocycles. The van der Waals surface area contributed by atoms with Crippen LogP contribution < -0.4 is 10.1 Å². The van der Waals surface area contributed by atoms with Crippen LogP contribution in [-0.2, 0) is 16.1 Å². The molecule has 2 aliphatic rings. The van der Waals surface area contributed by atoms with Crippen LogP contribution in [0.25, 0.3) is 0 Å². The van der Waals surface area contributed by atoms with E-state index in [0.717, 1.165) is 16.7 Å². The summed E-state index contributed by atoms with van der Waals surface area (Å²) in [5.41, 5.74) is 3.28. The molecular formula is C28H32N2O5. The zero-order valence-corrected chi connectivity index (χ0v) is 19.9. The maximum atomic E-state index is 13.3. The van der Waals surface area contributed by atoms with Gasteiger partial charge in [0.15, 0.2) is 0 Å². The van der Waals surface area contributed by atoms with Gasteiger partial charge in [-0.05, 0) is 31.1 Å². The highest BCUT2D eigenvalue weighted by atomic mass is 16.5. The molecule has 2 aromatic carbocycles. The minimum absolute atomic E-state index is 0.106. The molecule has 35 heavy (non-hydrogen) atoms. The van der Waals surface area contributed by atoms with Crippen LogP contribution in [0.1, 0.15) is 35.4 Å². The van der Waals surface area contributed by atoms with Crippen molar-refractivity contribution in [3.63, 3.8) is 0 Å². The van der Waals surface area contributed by atoms with Crippen molar-refractivity contribution < 1.29 is 24.5 Å². The summed E-state index contributed by atoms with van der Waals surface area (Å²) in [5, 5.41) is 23.4. The molecule has 2 aromatic rings. The molecule has 1 aliphatic heterocycles. The second-order valence-corrected chi connectivity index (χ2v) is 9.02. The Morgan fingerprint density at radius 2 is 1.91 bits per heavy atom. The zero-order chi connectivity index (χ0) is 24.9. The number of aliphatic hydroxyl groups excluding tert-OH is 2. The highest BCUT2D eigenvalue weighted by Gasteiger charge is 2.50. The molecule has 1 heterocycles. The standard InChI is InChI=1S/C28H32N2O5/c1-3-4-9-24(32)30(17-19-12-10-18(2)11-13-19)22-16-21(28(34)29-14-15-31)25-20-7-5-6-8-23(20)35-27(25)26(22)33/h3,5-8,10-13,16,22,25-27,31,33H,1,4,9,14-15,17H2,2H3,(H,29,34)/t22-,25+,26+,27+/m1/s1. The zero-order valence-electron chi connectivity index (χ0n) is 19.9. The van der Waals surface area contributed by atoms with E-state index in [1.165, 1.54) is 0 Å². The van der Waals surface area contributed by atoms with E-state index in [-0.39, 0.29) is 37.9 Å². The number of carbonyl (C=O) groups excluding carboxylic acids is 2. The van der Waals surface area contributed by atoms with Crippen molar-refractivity contribution in [2.45, 2.75) is 50.5 Å². The average molecular weight is 477 g/mol. The quantitative estimate of drug-likeness (QED) is 0.483. The number of aliphatic hydroxyl groups is 2. The number of benzene rings is 2. The lowest BCUT2D eigenvalue weighted by Crippen LogP contribution is -2.55. The number of para-hydroxylation sites is 1. The fourth-order valence-corrected chi connectivity index (χ4v) is 4.81. The fraction of sp³-hybridized carbons (Fsp3) is 0.357. The first kappa shape index (κ1) is 24.7. The molecule has 0 radical (unpaired) electrons. The van der Waals surface area contributed by atoms with Gasteiger partial charge in [0.2, 0.25) is 11.8 Å². The molecule has 1 aliphatic carbocycles. The fourth-order valence-electron chi connectivity index (χ4n) is 4.81. The molecule has 0 saturated heterocycles. The van der Waals surface area contributed by atoms with Gasteiger partial charge in [-0.2, -0.15) is 0 Å². The van der Waals surface area contributed by atoms with Gasteiger partial charge in [-0.25, -0.2) is 0 Å². The molecule has 0 aromatic heterocycles. The summed E-state index contributed by atoms with van der Waals surface area (Å²) < 4.78 is 6.14. The maximum absolute atomic E-state index is 13.3. The second kappa shape index (κ2) is 10.9. The van der Waals surface area contributed by atoms with Crippen molar-refractivity contribution in [2.24, 2.45) is 0 Å². The van der Waals surface area contributed by atoms with Gasteiger partial charge in [0.05, 0.1) is 18.6 Å². The monoisotopic (exact) mass is 476 g/mol. The molecule has 3 N–H and O–H groups in total. The highest BCUT2D eigenvalue weighted by Crippen LogP contribution is 2.47. The summed E-state index contributed by atoms with van der Waals surface area (Å²) in [4.78, 5) is 28.1. The summed E-state index contributed by atoms with van der Waals surface area (Å²) in [7, 11) is 0. The number of hydrogen-bond acceptors (Lipinski definition) is 5. The molecule has 7 nitrogen and oxygen atoms in total. The summed E-state index contributed by atoms with van der Waals surface area (Å²) in [5.74, 6) is -0.346. The van der Waals surface area contributed by atoms with Crippen molar-refractivity contribution in [3.8, 4) is 5.75 Å². The summed E-state index contributed by atoms with van der Waals surface area (Å²) in [6.07, 6.45) is 2.38. The van der Waals surface area contributed by atoms with Crippen molar-refractivity contribution >= 4 is 11.8 Å². The lowest BCUT2D eigenvalue weighted by Gasteiger charge is -2.41. The lowest BCUT2D eigenvalue weighted by molar-refractivity contribution is -0.138. The molecule has 4 rings (SSSR count). The number of nitrogens with one attached hydrogen (secondary N) is 1. The van der Waals surface area contributed by atoms with Crippen LogP contribution in [0.15, 0.2) is 72.8 Å². The number of carbonyl (C=O) groups is 2. The van der Waals surface area contributed by atoms with Crippen LogP contribution in [0.3, 0.4) is 0 Å². The summed E-state index contributed by atoms with van der Waals surface area (Å²) in [6.45, 7) is 5.91.